The summed E-state index contributed by atoms with van der Waals surface area (Å²) in [6, 6.07) is 15.9. The molecule has 6 nitrogen and oxygen atoms in total. The van der Waals surface area contributed by atoms with Gasteiger partial charge in [-0.05, 0) is 60.3 Å². The van der Waals surface area contributed by atoms with Crippen molar-refractivity contribution < 1.29 is 9.18 Å². The van der Waals surface area contributed by atoms with Gasteiger partial charge in [-0.1, -0.05) is 38.1 Å². The lowest BCUT2D eigenvalue weighted by atomic mass is 9.94. The molecule has 5 rings (SSSR count). The fourth-order valence-corrected chi connectivity index (χ4v) is 5.24. The zero-order valence-electron chi connectivity index (χ0n) is 20.5. The number of piperazine rings is 1. The number of anilines is 2. The summed E-state index contributed by atoms with van der Waals surface area (Å²) >= 11 is 0. The molecule has 1 saturated heterocycles. The highest BCUT2D eigenvalue weighted by Gasteiger charge is 2.27. The zero-order chi connectivity index (χ0) is 24.7. The first kappa shape index (κ1) is 23.3. The van der Waals surface area contributed by atoms with E-state index in [2.05, 4.69) is 53.1 Å². The third-order valence-electron chi connectivity index (χ3n) is 7.36. The highest BCUT2D eigenvalue weighted by atomic mass is 19.1. The minimum Gasteiger partial charge on any atom is -0.383 e. The second kappa shape index (κ2) is 9.30. The molecule has 7 heteroatoms. The molecule has 1 amide bonds. The number of rotatable bonds is 4. The SMILES string of the molecule is CC(C)[C@H]1CN(c2ccc(-c3cc(-c4ccc5c(c4)CCNC5=O)c(N)nc3F)cc2)CCN1C. The maximum Gasteiger partial charge on any atom is 0.251 e. The average Bonchev–Trinajstić information content (AvgIpc) is 2.84. The molecule has 0 unspecified atom stereocenters. The summed E-state index contributed by atoms with van der Waals surface area (Å²) in [5, 5.41) is 2.85. The molecule has 1 fully saturated rings. The lowest BCUT2D eigenvalue weighted by Crippen LogP contribution is -2.53. The molecule has 1 aromatic heterocycles. The van der Waals surface area contributed by atoms with Gasteiger partial charge in [0, 0.05) is 54.6 Å². The highest BCUT2D eigenvalue weighted by molar-refractivity contribution is 5.97. The Bertz CT molecular complexity index is 1260. The molecular formula is C28H32FN5O. The second-order valence-corrected chi connectivity index (χ2v) is 9.92. The van der Waals surface area contributed by atoms with E-state index in [0.29, 0.717) is 35.2 Å². The van der Waals surface area contributed by atoms with Crippen LogP contribution in [0, 0.1) is 11.9 Å². The molecule has 0 aliphatic carbocycles. The van der Waals surface area contributed by atoms with E-state index in [1.807, 2.05) is 24.3 Å². The van der Waals surface area contributed by atoms with Crippen molar-refractivity contribution in [2.75, 3.05) is 43.9 Å². The van der Waals surface area contributed by atoms with Crippen LogP contribution in [0.4, 0.5) is 15.9 Å². The van der Waals surface area contributed by atoms with E-state index in [4.69, 9.17) is 5.73 Å². The Morgan fingerprint density at radius 1 is 1.03 bits per heavy atom. The van der Waals surface area contributed by atoms with E-state index >= 15 is 0 Å². The number of hydrogen-bond acceptors (Lipinski definition) is 5. The molecule has 1 atom stereocenters. The van der Waals surface area contributed by atoms with Crippen LogP contribution < -0.4 is 16.0 Å². The third-order valence-corrected chi connectivity index (χ3v) is 7.36. The van der Waals surface area contributed by atoms with Crippen molar-refractivity contribution in [2.24, 2.45) is 5.92 Å². The highest BCUT2D eigenvalue weighted by Crippen LogP contribution is 2.34. The molecule has 3 heterocycles. The fourth-order valence-electron chi connectivity index (χ4n) is 5.24. The van der Waals surface area contributed by atoms with E-state index < -0.39 is 5.95 Å². The molecular weight excluding hydrogens is 441 g/mol. The summed E-state index contributed by atoms with van der Waals surface area (Å²) in [4.78, 5) is 20.9. The largest absolute Gasteiger partial charge is 0.383 e. The van der Waals surface area contributed by atoms with Crippen LogP contribution in [-0.4, -0.2) is 55.1 Å². The maximum absolute atomic E-state index is 14.9. The summed E-state index contributed by atoms with van der Waals surface area (Å²) in [7, 11) is 2.19. The lowest BCUT2D eigenvalue weighted by molar-refractivity contribution is 0.0946. The second-order valence-electron chi connectivity index (χ2n) is 9.92. The average molecular weight is 474 g/mol. The van der Waals surface area contributed by atoms with Gasteiger partial charge in [0.05, 0.1) is 0 Å². The number of pyridine rings is 1. The summed E-state index contributed by atoms with van der Waals surface area (Å²) in [6.45, 7) is 8.10. The molecule has 2 aliphatic heterocycles. The number of nitrogens with two attached hydrogens (primary N) is 1. The molecule has 0 spiro atoms. The van der Waals surface area contributed by atoms with Crippen LogP contribution in [0.5, 0.6) is 0 Å². The molecule has 0 radical (unpaired) electrons. The van der Waals surface area contributed by atoms with Crippen LogP contribution in [0.15, 0.2) is 48.5 Å². The fraction of sp³-hybridized carbons (Fsp3) is 0.357. The van der Waals surface area contributed by atoms with E-state index in [-0.39, 0.29) is 11.7 Å². The molecule has 3 aromatic rings. The summed E-state index contributed by atoms with van der Waals surface area (Å²) in [5.41, 5.74) is 11.6. The van der Waals surface area contributed by atoms with Gasteiger partial charge < -0.3 is 16.0 Å². The number of nitrogen functional groups attached to an aromatic ring is 1. The van der Waals surface area contributed by atoms with E-state index in [9.17, 15) is 9.18 Å². The molecule has 3 N–H and O–H groups in total. The predicted octanol–water partition coefficient (Wildman–Crippen LogP) is 4.20. The van der Waals surface area contributed by atoms with Crippen LogP contribution in [0.2, 0.25) is 0 Å². The Balaban J connectivity index is 1.44. The zero-order valence-corrected chi connectivity index (χ0v) is 20.5. The third kappa shape index (κ3) is 4.48. The van der Waals surface area contributed by atoms with Gasteiger partial charge >= 0.3 is 0 Å². The number of likely N-dealkylation sites (N-methyl/N-ethyl adjacent to an activating group) is 1. The van der Waals surface area contributed by atoms with E-state index in [0.717, 1.165) is 48.4 Å². The van der Waals surface area contributed by atoms with Gasteiger partial charge in [-0.15, -0.1) is 0 Å². The van der Waals surface area contributed by atoms with Crippen molar-refractivity contribution >= 4 is 17.4 Å². The van der Waals surface area contributed by atoms with Crippen LogP contribution in [0.3, 0.4) is 0 Å². The van der Waals surface area contributed by atoms with Crippen LogP contribution in [0.1, 0.15) is 29.8 Å². The van der Waals surface area contributed by atoms with Crippen LogP contribution >= 0.6 is 0 Å². The van der Waals surface area contributed by atoms with Crippen molar-refractivity contribution in [3.05, 3.63) is 65.6 Å². The number of carbonyl (C=O) groups is 1. The number of halogens is 1. The van der Waals surface area contributed by atoms with E-state index in [1.54, 1.807) is 12.1 Å². The Morgan fingerprint density at radius 2 is 1.77 bits per heavy atom. The minimum atomic E-state index is -0.587. The van der Waals surface area contributed by atoms with Crippen molar-refractivity contribution in [3.63, 3.8) is 0 Å². The van der Waals surface area contributed by atoms with E-state index in [1.165, 1.54) is 0 Å². The van der Waals surface area contributed by atoms with Gasteiger partial charge in [0.1, 0.15) is 5.82 Å². The number of benzene rings is 2. The monoisotopic (exact) mass is 473 g/mol. The van der Waals surface area contributed by atoms with Crippen LogP contribution in [0.25, 0.3) is 22.3 Å². The summed E-state index contributed by atoms with van der Waals surface area (Å²) in [5.74, 6) is 0.0633. The Labute approximate surface area is 206 Å². The number of amides is 1. The Morgan fingerprint density at radius 3 is 2.51 bits per heavy atom. The molecule has 35 heavy (non-hydrogen) atoms. The van der Waals surface area contributed by atoms with Crippen LogP contribution in [-0.2, 0) is 6.42 Å². The van der Waals surface area contributed by atoms with Gasteiger partial charge in [0.15, 0.2) is 0 Å². The normalized spacial score (nSPS) is 18.5. The predicted molar refractivity (Wildman–Crippen MR) is 139 cm³/mol. The van der Waals surface area contributed by atoms with Gasteiger partial charge in [-0.3, -0.25) is 9.69 Å². The van der Waals surface area contributed by atoms with Crippen molar-refractivity contribution in [1.29, 1.82) is 0 Å². The lowest BCUT2D eigenvalue weighted by Gasteiger charge is -2.42. The first-order valence-corrected chi connectivity index (χ1v) is 12.2. The van der Waals surface area contributed by atoms with Gasteiger partial charge in [0.25, 0.3) is 5.91 Å². The smallest absolute Gasteiger partial charge is 0.251 e. The van der Waals surface area contributed by atoms with Crippen molar-refractivity contribution in [1.82, 2.24) is 15.2 Å². The number of nitrogens with zero attached hydrogens (tertiary/aromatic N) is 3. The van der Waals surface area contributed by atoms with Crippen molar-refractivity contribution in [3.8, 4) is 22.3 Å². The number of fused-ring (bicyclic) bond motifs is 1. The Hall–Kier alpha value is -3.45. The van der Waals surface area contributed by atoms with Gasteiger partial charge in [-0.25, -0.2) is 4.98 Å². The van der Waals surface area contributed by atoms with Crippen molar-refractivity contribution in [2.45, 2.75) is 26.3 Å². The minimum absolute atomic E-state index is 0.0659. The van der Waals surface area contributed by atoms with Gasteiger partial charge in [0.2, 0.25) is 5.95 Å². The number of aromatic nitrogens is 1. The molecule has 0 saturated carbocycles. The first-order valence-electron chi connectivity index (χ1n) is 12.2. The standard InChI is InChI=1S/C28H32FN5O/c1-17(2)25-16-34(13-12-33(25)3)21-7-4-18(5-8-21)23-15-24(27(30)32-26(23)29)19-6-9-22-20(14-19)10-11-31-28(22)35/h4-9,14-15,17,25H,10-13,16H2,1-3H3,(H2,30,32)(H,31,35)/t25-/m1/s1. The topological polar surface area (TPSA) is 74.5 Å². The Kier molecular flexibility index (Phi) is 6.19. The maximum atomic E-state index is 14.9. The quantitative estimate of drug-likeness (QED) is 0.556. The molecule has 182 valence electrons. The van der Waals surface area contributed by atoms with Gasteiger partial charge in [-0.2, -0.15) is 4.39 Å². The summed E-state index contributed by atoms with van der Waals surface area (Å²) in [6.07, 6.45) is 0.752. The molecule has 2 aliphatic rings. The number of nitrogens with one attached hydrogen (secondary N) is 1. The molecule has 0 bridgehead atoms. The number of hydrogen-bond donors (Lipinski definition) is 2. The first-order chi connectivity index (χ1) is 16.8. The molecule has 2 aromatic carbocycles. The summed E-state index contributed by atoms with van der Waals surface area (Å²) < 4.78 is 14.9. The number of carbonyl (C=O) groups excluding carboxylic acids is 1.